The van der Waals surface area contributed by atoms with Crippen LogP contribution in [-0.4, -0.2) is 52.5 Å². The van der Waals surface area contributed by atoms with Crippen LogP contribution in [0.3, 0.4) is 0 Å². The number of hydrogen-bond donors (Lipinski definition) is 0. The molecule has 0 saturated carbocycles. The molecular formula is C15H21Cl2NS3. The van der Waals surface area contributed by atoms with Crippen LogP contribution in [0.4, 0.5) is 0 Å². The van der Waals surface area contributed by atoms with Crippen molar-refractivity contribution in [2.24, 2.45) is 0 Å². The van der Waals surface area contributed by atoms with Crippen molar-refractivity contribution in [3.05, 3.63) is 33.8 Å². The second kappa shape index (κ2) is 10.6. The van der Waals surface area contributed by atoms with Gasteiger partial charge in [0.05, 0.1) is 0 Å². The Labute approximate surface area is 150 Å². The highest BCUT2D eigenvalue weighted by atomic mass is 35.5. The molecule has 1 aromatic rings. The minimum absolute atomic E-state index is 0.729. The zero-order valence-electron chi connectivity index (χ0n) is 12.0. The zero-order valence-corrected chi connectivity index (χ0v) is 16.0. The predicted octanol–water partition coefficient (Wildman–Crippen LogP) is 5.01. The highest BCUT2D eigenvalue weighted by Crippen LogP contribution is 2.21. The van der Waals surface area contributed by atoms with E-state index in [9.17, 15) is 0 Å². The fourth-order valence-electron chi connectivity index (χ4n) is 2.16. The van der Waals surface area contributed by atoms with Crippen LogP contribution >= 0.6 is 58.5 Å². The van der Waals surface area contributed by atoms with Crippen molar-refractivity contribution in [2.45, 2.75) is 6.54 Å². The van der Waals surface area contributed by atoms with Crippen molar-refractivity contribution in [2.75, 3.05) is 47.6 Å². The third-order valence-corrected chi connectivity index (χ3v) is 7.04. The van der Waals surface area contributed by atoms with Crippen LogP contribution in [-0.2, 0) is 6.54 Å². The predicted molar refractivity (Wildman–Crippen MR) is 104 cm³/mol. The van der Waals surface area contributed by atoms with Gasteiger partial charge in [0.25, 0.3) is 0 Å². The average Bonchev–Trinajstić information content (AvgIpc) is 2.40. The van der Waals surface area contributed by atoms with Crippen LogP contribution in [0.15, 0.2) is 18.2 Å². The van der Waals surface area contributed by atoms with E-state index in [0.717, 1.165) is 29.7 Å². The Hall–Kier alpha value is 0.810. The van der Waals surface area contributed by atoms with E-state index < -0.39 is 0 Å². The molecule has 1 fully saturated rings. The van der Waals surface area contributed by atoms with Gasteiger partial charge in [0.1, 0.15) is 0 Å². The monoisotopic (exact) mass is 381 g/mol. The lowest BCUT2D eigenvalue weighted by Gasteiger charge is -2.23. The molecule has 0 amide bonds. The van der Waals surface area contributed by atoms with Gasteiger partial charge in [0.15, 0.2) is 0 Å². The number of benzene rings is 1. The van der Waals surface area contributed by atoms with Gasteiger partial charge < -0.3 is 0 Å². The van der Waals surface area contributed by atoms with E-state index in [0.29, 0.717) is 0 Å². The molecule has 6 heteroatoms. The fraction of sp³-hybridized carbons (Fsp3) is 0.600. The molecule has 118 valence electrons. The van der Waals surface area contributed by atoms with Gasteiger partial charge >= 0.3 is 0 Å². The quantitative estimate of drug-likeness (QED) is 0.707. The third-order valence-electron chi connectivity index (χ3n) is 3.18. The molecule has 21 heavy (non-hydrogen) atoms. The summed E-state index contributed by atoms with van der Waals surface area (Å²) in [5, 5.41) is 1.46. The Kier molecular flexibility index (Phi) is 9.13. The maximum atomic E-state index is 6.10. The van der Waals surface area contributed by atoms with Gasteiger partial charge in [0.2, 0.25) is 0 Å². The van der Waals surface area contributed by atoms with E-state index >= 15 is 0 Å². The minimum atomic E-state index is 0.729. The molecule has 0 N–H and O–H groups in total. The third kappa shape index (κ3) is 7.76. The van der Waals surface area contributed by atoms with E-state index in [1.165, 1.54) is 40.1 Å². The van der Waals surface area contributed by atoms with Crippen molar-refractivity contribution in [3.63, 3.8) is 0 Å². The summed E-state index contributed by atoms with van der Waals surface area (Å²) in [5.74, 6) is 7.53. The lowest BCUT2D eigenvalue weighted by atomic mass is 10.2. The largest absolute Gasteiger partial charge is 0.297 e. The molecule has 0 bridgehead atoms. The summed E-state index contributed by atoms with van der Waals surface area (Å²) >= 11 is 18.4. The summed E-state index contributed by atoms with van der Waals surface area (Å²) < 4.78 is 0. The number of thioether (sulfide) groups is 3. The molecule has 1 saturated heterocycles. The molecule has 0 atom stereocenters. The van der Waals surface area contributed by atoms with E-state index in [-0.39, 0.29) is 0 Å². The minimum Gasteiger partial charge on any atom is -0.297 e. The van der Waals surface area contributed by atoms with Crippen molar-refractivity contribution in [1.29, 1.82) is 0 Å². The molecule has 2 rings (SSSR count). The van der Waals surface area contributed by atoms with E-state index in [2.05, 4.69) is 40.2 Å². The van der Waals surface area contributed by atoms with Crippen LogP contribution in [0.25, 0.3) is 0 Å². The molecule has 0 aliphatic carbocycles. The van der Waals surface area contributed by atoms with Crippen LogP contribution in [0.5, 0.6) is 0 Å². The van der Waals surface area contributed by atoms with Gasteiger partial charge in [-0.05, 0) is 23.8 Å². The Bertz CT molecular complexity index is 399. The molecule has 1 aliphatic heterocycles. The van der Waals surface area contributed by atoms with Crippen LogP contribution in [0.1, 0.15) is 5.56 Å². The Morgan fingerprint density at radius 2 is 1.24 bits per heavy atom. The standard InChI is InChI=1S/C15H21Cl2NS3/c16-14-9-13(10-15(17)11-14)12-18-1-3-19-5-7-21-8-6-20-4-2-18/h9-11H,1-8,12H2. The Morgan fingerprint density at radius 3 is 1.76 bits per heavy atom. The topological polar surface area (TPSA) is 3.24 Å². The second-order valence-corrected chi connectivity index (χ2v) is 9.44. The van der Waals surface area contributed by atoms with Gasteiger partial charge in [-0.2, -0.15) is 35.3 Å². The van der Waals surface area contributed by atoms with Crippen molar-refractivity contribution in [3.8, 4) is 0 Å². The van der Waals surface area contributed by atoms with Gasteiger partial charge in [-0.15, -0.1) is 0 Å². The molecule has 1 aromatic carbocycles. The number of nitrogens with zero attached hydrogens (tertiary/aromatic N) is 1. The van der Waals surface area contributed by atoms with Gasteiger partial charge in [-0.1, -0.05) is 23.2 Å². The van der Waals surface area contributed by atoms with Gasteiger partial charge in [-0.25, -0.2) is 0 Å². The van der Waals surface area contributed by atoms with E-state index in [1.54, 1.807) is 6.07 Å². The average molecular weight is 382 g/mol. The number of halogens is 2. The lowest BCUT2D eigenvalue weighted by molar-refractivity contribution is 0.301. The normalized spacial score (nSPS) is 19.7. The molecular weight excluding hydrogens is 361 g/mol. The summed E-state index contributed by atoms with van der Waals surface area (Å²) in [6.45, 7) is 3.22. The van der Waals surface area contributed by atoms with Crippen LogP contribution in [0.2, 0.25) is 10.0 Å². The number of hydrogen-bond acceptors (Lipinski definition) is 4. The first-order valence-electron chi connectivity index (χ1n) is 7.14. The van der Waals surface area contributed by atoms with Crippen molar-refractivity contribution < 1.29 is 0 Å². The Balaban J connectivity index is 1.90. The second-order valence-electron chi connectivity index (χ2n) is 4.89. The molecule has 0 radical (unpaired) electrons. The number of rotatable bonds is 2. The zero-order chi connectivity index (χ0) is 14.9. The highest BCUT2D eigenvalue weighted by Gasteiger charge is 2.08. The first kappa shape index (κ1) is 18.2. The van der Waals surface area contributed by atoms with Crippen LogP contribution < -0.4 is 0 Å². The first-order valence-corrected chi connectivity index (χ1v) is 11.4. The molecule has 1 aliphatic rings. The Morgan fingerprint density at radius 1 is 0.762 bits per heavy atom. The molecule has 0 aromatic heterocycles. The fourth-order valence-corrected chi connectivity index (χ4v) is 6.00. The molecule has 0 unspecified atom stereocenters. The van der Waals surface area contributed by atoms with Gasteiger partial charge in [0, 0.05) is 64.2 Å². The van der Waals surface area contributed by atoms with E-state index in [4.69, 9.17) is 23.2 Å². The summed E-state index contributed by atoms with van der Waals surface area (Å²) in [5.41, 5.74) is 1.21. The first-order chi connectivity index (χ1) is 10.2. The summed E-state index contributed by atoms with van der Waals surface area (Å²) in [6, 6.07) is 5.85. The van der Waals surface area contributed by atoms with Crippen LogP contribution in [0, 0.1) is 0 Å². The maximum Gasteiger partial charge on any atom is 0.0424 e. The van der Waals surface area contributed by atoms with Crippen molar-refractivity contribution >= 4 is 58.5 Å². The maximum absolute atomic E-state index is 6.10. The SMILES string of the molecule is Clc1cc(Cl)cc(CN2CCSCCSCCSCC2)c1. The molecule has 1 nitrogen and oxygen atoms in total. The summed E-state index contributed by atoms with van der Waals surface area (Å²) in [4.78, 5) is 2.52. The summed E-state index contributed by atoms with van der Waals surface area (Å²) in [7, 11) is 0. The molecule has 1 heterocycles. The molecule has 0 spiro atoms. The van der Waals surface area contributed by atoms with E-state index in [1.807, 2.05) is 12.1 Å². The van der Waals surface area contributed by atoms with Crippen molar-refractivity contribution in [1.82, 2.24) is 4.90 Å². The highest BCUT2D eigenvalue weighted by molar-refractivity contribution is 8.04. The van der Waals surface area contributed by atoms with Gasteiger partial charge in [-0.3, -0.25) is 4.90 Å². The summed E-state index contributed by atoms with van der Waals surface area (Å²) in [6.07, 6.45) is 0. The smallest absolute Gasteiger partial charge is 0.0424 e. The lowest BCUT2D eigenvalue weighted by Crippen LogP contribution is -2.28.